The van der Waals surface area contributed by atoms with E-state index >= 15 is 0 Å². The van der Waals surface area contributed by atoms with Gasteiger partial charge in [-0.25, -0.2) is 4.79 Å². The predicted molar refractivity (Wildman–Crippen MR) is 107 cm³/mol. The molecule has 1 fully saturated rings. The fourth-order valence-electron chi connectivity index (χ4n) is 3.26. The van der Waals surface area contributed by atoms with Crippen molar-refractivity contribution in [1.29, 1.82) is 0 Å². The number of carbonyl (C=O) groups excluding carboxylic acids is 3. The Bertz CT molecular complexity index is 745. The monoisotopic (exact) mass is 443 g/mol. The summed E-state index contributed by atoms with van der Waals surface area (Å²) < 4.78 is 42.6. The van der Waals surface area contributed by atoms with Crippen LogP contribution in [0.25, 0.3) is 0 Å². The lowest BCUT2D eigenvalue weighted by molar-refractivity contribution is -0.137. The summed E-state index contributed by atoms with van der Waals surface area (Å²) in [7, 11) is 0. The van der Waals surface area contributed by atoms with Crippen LogP contribution >= 0.6 is 0 Å². The van der Waals surface area contributed by atoms with Crippen LogP contribution in [0.5, 0.6) is 0 Å². The number of hydrogen-bond donors (Lipinski definition) is 2. The summed E-state index contributed by atoms with van der Waals surface area (Å²) >= 11 is 0. The van der Waals surface area contributed by atoms with Gasteiger partial charge in [0.25, 0.3) is 0 Å². The normalized spacial score (nSPS) is 14.8. The molecule has 1 aromatic rings. The molecule has 2 rings (SSSR count). The summed E-state index contributed by atoms with van der Waals surface area (Å²) in [4.78, 5) is 37.3. The summed E-state index contributed by atoms with van der Waals surface area (Å²) in [6, 6.07) is 4.47. The van der Waals surface area contributed by atoms with Gasteiger partial charge < -0.3 is 20.3 Å². The van der Waals surface area contributed by atoms with Gasteiger partial charge in [-0.2, -0.15) is 13.2 Å². The Morgan fingerprint density at radius 1 is 1.10 bits per heavy atom. The van der Waals surface area contributed by atoms with E-state index in [9.17, 15) is 27.6 Å². The van der Waals surface area contributed by atoms with Gasteiger partial charge in [-0.3, -0.25) is 9.59 Å². The van der Waals surface area contributed by atoms with Crippen LogP contribution in [0.1, 0.15) is 43.7 Å². The zero-order valence-corrected chi connectivity index (χ0v) is 17.5. The third-order valence-corrected chi connectivity index (χ3v) is 4.93. The van der Waals surface area contributed by atoms with Gasteiger partial charge in [0.2, 0.25) is 11.8 Å². The highest BCUT2D eigenvalue weighted by Crippen LogP contribution is 2.29. The summed E-state index contributed by atoms with van der Waals surface area (Å²) in [5, 5.41) is 5.60. The maximum Gasteiger partial charge on any atom is 0.416 e. The van der Waals surface area contributed by atoms with E-state index in [1.54, 1.807) is 11.8 Å². The molecule has 0 unspecified atom stereocenters. The van der Waals surface area contributed by atoms with Crippen LogP contribution in [-0.2, 0) is 26.9 Å². The molecule has 0 saturated carbocycles. The standard InChI is InChI=1S/C21H28F3N3O4/c1-2-31-20(30)27-12-9-17(10-13-27)26-18(28)4-3-11-25-19(29)14-15-5-7-16(8-6-15)21(22,23)24/h5-8,17H,2-4,9-14H2,1H3,(H,25,29)(H,26,28). The first-order chi connectivity index (χ1) is 14.7. The number of benzene rings is 1. The lowest BCUT2D eigenvalue weighted by Crippen LogP contribution is -2.46. The van der Waals surface area contributed by atoms with Crippen LogP contribution in [0.15, 0.2) is 24.3 Å². The fourth-order valence-corrected chi connectivity index (χ4v) is 3.26. The molecule has 0 radical (unpaired) electrons. The van der Waals surface area contributed by atoms with Crippen LogP contribution in [0.2, 0.25) is 0 Å². The molecule has 1 aliphatic heterocycles. The Labute approximate surface area is 179 Å². The van der Waals surface area contributed by atoms with Crippen molar-refractivity contribution in [3.63, 3.8) is 0 Å². The Morgan fingerprint density at radius 3 is 2.32 bits per heavy atom. The van der Waals surface area contributed by atoms with E-state index in [4.69, 9.17) is 4.74 Å². The maximum absolute atomic E-state index is 12.5. The number of nitrogens with zero attached hydrogens (tertiary/aromatic N) is 1. The number of halogens is 3. The van der Waals surface area contributed by atoms with Crippen LogP contribution in [0, 0.1) is 0 Å². The first kappa shape index (κ1) is 24.5. The average Bonchev–Trinajstić information content (AvgIpc) is 2.71. The summed E-state index contributed by atoms with van der Waals surface area (Å²) in [6.07, 6.45) is -2.74. The number of rotatable bonds is 8. The van der Waals surface area contributed by atoms with Crippen molar-refractivity contribution in [3.05, 3.63) is 35.4 Å². The van der Waals surface area contributed by atoms with E-state index in [-0.39, 0.29) is 36.8 Å². The number of carbonyl (C=O) groups is 3. The van der Waals surface area contributed by atoms with Crippen molar-refractivity contribution < 1.29 is 32.3 Å². The number of ether oxygens (including phenoxy) is 1. The first-order valence-corrected chi connectivity index (χ1v) is 10.3. The van der Waals surface area contributed by atoms with Crippen molar-refractivity contribution >= 4 is 17.9 Å². The van der Waals surface area contributed by atoms with Crippen LogP contribution in [-0.4, -0.2) is 55.1 Å². The molecule has 1 aliphatic rings. The Balaban J connectivity index is 1.59. The topological polar surface area (TPSA) is 87.7 Å². The molecule has 0 atom stereocenters. The summed E-state index contributed by atoms with van der Waals surface area (Å²) in [6.45, 7) is 3.44. The molecule has 0 spiro atoms. The van der Waals surface area contributed by atoms with Gasteiger partial charge in [0, 0.05) is 32.1 Å². The van der Waals surface area contributed by atoms with E-state index in [2.05, 4.69) is 10.6 Å². The molecular weight excluding hydrogens is 415 g/mol. The van der Waals surface area contributed by atoms with Crippen molar-refractivity contribution in [1.82, 2.24) is 15.5 Å². The summed E-state index contributed by atoms with van der Waals surface area (Å²) in [5.74, 6) is -0.432. The molecule has 2 N–H and O–H groups in total. The minimum Gasteiger partial charge on any atom is -0.450 e. The predicted octanol–water partition coefficient (Wildman–Crippen LogP) is 2.88. The second-order valence-electron chi connectivity index (χ2n) is 7.35. The smallest absolute Gasteiger partial charge is 0.416 e. The molecule has 1 saturated heterocycles. The Kier molecular flexibility index (Phi) is 9.14. The molecule has 0 aliphatic carbocycles. The summed E-state index contributed by atoms with van der Waals surface area (Å²) in [5.41, 5.74) is -0.272. The quantitative estimate of drug-likeness (QED) is 0.605. The Morgan fingerprint density at radius 2 is 1.74 bits per heavy atom. The van der Waals surface area contributed by atoms with Crippen molar-refractivity contribution in [2.24, 2.45) is 0 Å². The van der Waals surface area contributed by atoms with E-state index in [0.717, 1.165) is 12.1 Å². The third kappa shape index (κ3) is 8.47. The second kappa shape index (κ2) is 11.6. The molecule has 172 valence electrons. The van der Waals surface area contributed by atoms with Gasteiger partial charge in [0.1, 0.15) is 0 Å². The minimum absolute atomic E-state index is 0.00689. The SMILES string of the molecule is CCOC(=O)N1CCC(NC(=O)CCCNC(=O)Cc2ccc(C(F)(F)F)cc2)CC1. The lowest BCUT2D eigenvalue weighted by Gasteiger charge is -2.31. The van der Waals surface area contributed by atoms with Gasteiger partial charge in [0.05, 0.1) is 18.6 Å². The largest absolute Gasteiger partial charge is 0.450 e. The number of alkyl halides is 3. The molecule has 10 heteroatoms. The van der Waals surface area contributed by atoms with E-state index in [1.807, 2.05) is 0 Å². The third-order valence-electron chi connectivity index (χ3n) is 4.93. The van der Waals surface area contributed by atoms with E-state index < -0.39 is 11.7 Å². The maximum atomic E-state index is 12.5. The molecule has 0 aromatic heterocycles. The van der Waals surface area contributed by atoms with Crippen molar-refractivity contribution in [3.8, 4) is 0 Å². The number of likely N-dealkylation sites (tertiary alicyclic amines) is 1. The number of piperidine rings is 1. The average molecular weight is 443 g/mol. The molecule has 1 heterocycles. The highest BCUT2D eigenvalue weighted by molar-refractivity contribution is 5.79. The van der Waals surface area contributed by atoms with E-state index in [0.29, 0.717) is 51.1 Å². The second-order valence-corrected chi connectivity index (χ2v) is 7.35. The number of hydrogen-bond acceptors (Lipinski definition) is 4. The van der Waals surface area contributed by atoms with Crippen LogP contribution in [0.4, 0.5) is 18.0 Å². The molecule has 31 heavy (non-hydrogen) atoms. The molecule has 3 amide bonds. The highest BCUT2D eigenvalue weighted by atomic mass is 19.4. The molecule has 0 bridgehead atoms. The molecular formula is C21H28F3N3O4. The zero-order valence-electron chi connectivity index (χ0n) is 17.5. The van der Waals surface area contributed by atoms with Gasteiger partial charge in [0.15, 0.2) is 0 Å². The lowest BCUT2D eigenvalue weighted by atomic mass is 10.1. The molecule has 1 aromatic carbocycles. The zero-order chi connectivity index (χ0) is 22.9. The fraction of sp³-hybridized carbons (Fsp3) is 0.571. The number of amides is 3. The van der Waals surface area contributed by atoms with Gasteiger partial charge >= 0.3 is 12.3 Å². The van der Waals surface area contributed by atoms with Gasteiger partial charge in [-0.05, 0) is 43.9 Å². The van der Waals surface area contributed by atoms with Gasteiger partial charge in [-0.1, -0.05) is 12.1 Å². The Hall–Kier alpha value is -2.78. The van der Waals surface area contributed by atoms with Crippen LogP contribution in [0.3, 0.4) is 0 Å². The van der Waals surface area contributed by atoms with Gasteiger partial charge in [-0.15, -0.1) is 0 Å². The minimum atomic E-state index is -4.40. The van der Waals surface area contributed by atoms with Crippen LogP contribution < -0.4 is 10.6 Å². The highest BCUT2D eigenvalue weighted by Gasteiger charge is 2.30. The molecule has 7 nitrogen and oxygen atoms in total. The first-order valence-electron chi connectivity index (χ1n) is 10.3. The van der Waals surface area contributed by atoms with E-state index in [1.165, 1.54) is 12.1 Å². The number of nitrogens with one attached hydrogen (secondary N) is 2. The van der Waals surface area contributed by atoms with Crippen molar-refractivity contribution in [2.45, 2.75) is 51.2 Å². The van der Waals surface area contributed by atoms with Crippen molar-refractivity contribution in [2.75, 3.05) is 26.2 Å².